The first-order valence-electron chi connectivity index (χ1n) is 3.75. The molecule has 1 rings (SSSR count). The summed E-state index contributed by atoms with van der Waals surface area (Å²) in [6.07, 6.45) is 0. The van der Waals surface area contributed by atoms with Gasteiger partial charge in [0.15, 0.2) is 0 Å². The Morgan fingerprint density at radius 2 is 1.25 bits per heavy atom. The molecule has 0 heterocycles. The van der Waals surface area contributed by atoms with Gasteiger partial charge in [0.2, 0.25) is 0 Å². The predicted octanol–water partition coefficient (Wildman–Crippen LogP) is 2.33. The van der Waals surface area contributed by atoms with Gasteiger partial charge in [-0.1, -0.05) is 35.9 Å². The molecular formula is C10H20N2. The maximum atomic E-state index is 2.08. The zero-order valence-corrected chi connectivity index (χ0v) is 8.54. The van der Waals surface area contributed by atoms with Gasteiger partial charge >= 0.3 is 0 Å². The minimum atomic E-state index is 0. The Morgan fingerprint density at radius 1 is 0.917 bits per heavy atom. The first kappa shape index (κ1) is 13.7. The number of rotatable bonds is 0. The summed E-state index contributed by atoms with van der Waals surface area (Å²) < 4.78 is 0. The summed E-state index contributed by atoms with van der Waals surface area (Å²) in [5.41, 5.74) is 1.32. The molecule has 0 fully saturated rings. The molecule has 1 aromatic carbocycles. The van der Waals surface area contributed by atoms with Crippen molar-refractivity contribution in [2.75, 3.05) is 21.1 Å². The number of benzene rings is 1. The molecule has 0 amide bonds. The summed E-state index contributed by atoms with van der Waals surface area (Å²) in [4.78, 5) is 2.00. The molecule has 70 valence electrons. The third-order valence-electron chi connectivity index (χ3n) is 0.940. The lowest BCUT2D eigenvalue weighted by Gasteiger charge is -1.90. The van der Waals surface area contributed by atoms with Crippen molar-refractivity contribution in [2.45, 2.75) is 6.92 Å². The van der Waals surface area contributed by atoms with Gasteiger partial charge in [0.05, 0.1) is 0 Å². The van der Waals surface area contributed by atoms with Crippen LogP contribution in [0.1, 0.15) is 5.56 Å². The van der Waals surface area contributed by atoms with Gasteiger partial charge in [-0.3, -0.25) is 0 Å². The second kappa shape index (κ2) is 8.24. The highest BCUT2D eigenvalue weighted by atomic mass is 15.0. The molecule has 12 heavy (non-hydrogen) atoms. The van der Waals surface area contributed by atoms with Crippen molar-refractivity contribution in [3.05, 3.63) is 35.9 Å². The minimum Gasteiger partial charge on any atom is -0.344 e. The van der Waals surface area contributed by atoms with Crippen LogP contribution in [0.5, 0.6) is 0 Å². The van der Waals surface area contributed by atoms with Crippen LogP contribution >= 0.6 is 0 Å². The molecule has 3 N–H and O–H groups in total. The van der Waals surface area contributed by atoms with Crippen molar-refractivity contribution < 1.29 is 0 Å². The zero-order valence-electron chi connectivity index (χ0n) is 8.54. The maximum Gasteiger partial charge on any atom is -0.0140 e. The average molecular weight is 168 g/mol. The van der Waals surface area contributed by atoms with E-state index < -0.39 is 0 Å². The minimum absolute atomic E-state index is 0. The first-order chi connectivity index (χ1) is 5.13. The Hall–Kier alpha value is -0.860. The number of hydrogen-bond acceptors (Lipinski definition) is 2. The summed E-state index contributed by atoms with van der Waals surface area (Å²) in [7, 11) is 6.00. The molecule has 0 aliphatic heterocycles. The Morgan fingerprint density at radius 3 is 1.42 bits per heavy atom. The highest BCUT2D eigenvalue weighted by molar-refractivity contribution is 5.11. The van der Waals surface area contributed by atoms with E-state index >= 15 is 0 Å². The molecule has 0 unspecified atom stereocenters. The van der Waals surface area contributed by atoms with Gasteiger partial charge < -0.3 is 11.1 Å². The quantitative estimate of drug-likeness (QED) is 0.645. The van der Waals surface area contributed by atoms with Gasteiger partial charge in [0.1, 0.15) is 0 Å². The molecule has 1 aromatic rings. The van der Waals surface area contributed by atoms with E-state index in [1.54, 1.807) is 0 Å². The van der Waals surface area contributed by atoms with E-state index in [4.69, 9.17) is 0 Å². The number of hydrogen-bond donors (Lipinski definition) is 1. The largest absolute Gasteiger partial charge is 0.344 e. The fourth-order valence-corrected chi connectivity index (χ4v) is 0.534. The van der Waals surface area contributed by atoms with Crippen LogP contribution in [0.25, 0.3) is 0 Å². The lowest BCUT2D eigenvalue weighted by atomic mass is 10.2. The van der Waals surface area contributed by atoms with Crippen LogP contribution in [0.15, 0.2) is 30.3 Å². The van der Waals surface area contributed by atoms with Crippen molar-refractivity contribution in [3.8, 4) is 0 Å². The monoisotopic (exact) mass is 168 g/mol. The third kappa shape index (κ3) is 11.9. The lowest BCUT2D eigenvalue weighted by Crippen LogP contribution is -1.99. The molecule has 0 saturated heterocycles. The summed E-state index contributed by atoms with van der Waals surface area (Å²) >= 11 is 0. The SMILES string of the molecule is CN(C)C.Cc1ccccc1.N. The molecule has 0 saturated carbocycles. The molecule has 0 aliphatic rings. The van der Waals surface area contributed by atoms with E-state index in [0.717, 1.165) is 0 Å². The summed E-state index contributed by atoms with van der Waals surface area (Å²) in [6.45, 7) is 2.08. The maximum absolute atomic E-state index is 2.08. The number of nitrogens with zero attached hydrogens (tertiary/aromatic N) is 1. The Labute approximate surface area is 75.8 Å². The van der Waals surface area contributed by atoms with E-state index in [1.165, 1.54) is 5.56 Å². The van der Waals surface area contributed by atoms with Gasteiger partial charge in [-0.15, -0.1) is 0 Å². The molecular weight excluding hydrogens is 148 g/mol. The van der Waals surface area contributed by atoms with Crippen molar-refractivity contribution in [1.29, 1.82) is 0 Å². The van der Waals surface area contributed by atoms with Crippen LogP contribution < -0.4 is 6.15 Å². The highest BCUT2D eigenvalue weighted by Crippen LogP contribution is 1.92. The predicted molar refractivity (Wildman–Crippen MR) is 55.8 cm³/mol. The normalized spacial score (nSPS) is 8.08. The second-order valence-corrected chi connectivity index (χ2v) is 3.00. The number of aryl methyl sites for hydroxylation is 1. The van der Waals surface area contributed by atoms with E-state index in [2.05, 4.69) is 19.1 Å². The molecule has 0 aliphatic carbocycles. The third-order valence-corrected chi connectivity index (χ3v) is 0.940. The molecule has 0 radical (unpaired) electrons. The van der Waals surface area contributed by atoms with Gasteiger partial charge in [0, 0.05) is 0 Å². The van der Waals surface area contributed by atoms with Crippen LogP contribution in [0.3, 0.4) is 0 Å². The molecule has 0 aromatic heterocycles. The van der Waals surface area contributed by atoms with Gasteiger partial charge in [-0.05, 0) is 28.1 Å². The zero-order chi connectivity index (χ0) is 8.69. The van der Waals surface area contributed by atoms with Crippen LogP contribution in [0.2, 0.25) is 0 Å². The highest BCUT2D eigenvalue weighted by Gasteiger charge is 1.72. The van der Waals surface area contributed by atoms with Gasteiger partial charge in [-0.25, -0.2) is 0 Å². The standard InChI is InChI=1S/C7H8.C3H9N.H3N/c1-7-5-3-2-4-6-7;1-4(2)3;/h2-6H,1H3;1-3H3;1H3. The van der Waals surface area contributed by atoms with Gasteiger partial charge in [-0.2, -0.15) is 0 Å². The fourth-order valence-electron chi connectivity index (χ4n) is 0.534. The van der Waals surface area contributed by atoms with Crippen molar-refractivity contribution in [1.82, 2.24) is 11.1 Å². The average Bonchev–Trinajstić information content (AvgIpc) is 1.87. The topological polar surface area (TPSA) is 38.2 Å². The molecule has 2 nitrogen and oxygen atoms in total. The van der Waals surface area contributed by atoms with E-state index in [0.29, 0.717) is 0 Å². The van der Waals surface area contributed by atoms with Crippen molar-refractivity contribution in [2.24, 2.45) is 0 Å². The van der Waals surface area contributed by atoms with Crippen molar-refractivity contribution in [3.63, 3.8) is 0 Å². The summed E-state index contributed by atoms with van der Waals surface area (Å²) in [5, 5.41) is 0. The van der Waals surface area contributed by atoms with Crippen LogP contribution in [-0.2, 0) is 0 Å². The Balaban J connectivity index is 0. The van der Waals surface area contributed by atoms with Crippen molar-refractivity contribution >= 4 is 0 Å². The second-order valence-electron chi connectivity index (χ2n) is 3.00. The van der Waals surface area contributed by atoms with E-state index in [9.17, 15) is 0 Å². The summed E-state index contributed by atoms with van der Waals surface area (Å²) in [5.74, 6) is 0. The van der Waals surface area contributed by atoms with Crippen LogP contribution in [0, 0.1) is 6.92 Å². The van der Waals surface area contributed by atoms with Gasteiger partial charge in [0.25, 0.3) is 0 Å². The lowest BCUT2D eigenvalue weighted by molar-refractivity contribution is 0.505. The first-order valence-corrected chi connectivity index (χ1v) is 3.75. The van der Waals surface area contributed by atoms with E-state index in [1.807, 2.05) is 44.2 Å². The van der Waals surface area contributed by atoms with Crippen LogP contribution in [0.4, 0.5) is 0 Å². The smallest absolute Gasteiger partial charge is 0.0140 e. The molecule has 2 heteroatoms. The Bertz CT molecular complexity index is 168. The fraction of sp³-hybridized carbons (Fsp3) is 0.400. The van der Waals surface area contributed by atoms with Crippen LogP contribution in [-0.4, -0.2) is 26.0 Å². The molecule has 0 atom stereocenters. The summed E-state index contributed by atoms with van der Waals surface area (Å²) in [6, 6.07) is 10.3. The Kier molecular flexibility index (Phi) is 9.41. The molecule has 0 bridgehead atoms. The van der Waals surface area contributed by atoms with E-state index in [-0.39, 0.29) is 6.15 Å². The molecule has 0 spiro atoms.